The van der Waals surface area contributed by atoms with Crippen LogP contribution in [0.15, 0.2) is 115 Å². The molecule has 0 radical (unpaired) electrons. The predicted molar refractivity (Wildman–Crippen MR) is 163 cm³/mol. The number of hydrogen-bond acceptors (Lipinski definition) is 2. The van der Waals surface area contributed by atoms with Crippen molar-refractivity contribution in [2.45, 2.75) is 64.6 Å². The number of nitrogens with zero attached hydrogens (tertiary/aromatic N) is 1. The van der Waals surface area contributed by atoms with Crippen LogP contribution in [0.4, 0.5) is 0 Å². The van der Waals surface area contributed by atoms with Crippen LogP contribution in [0.25, 0.3) is 0 Å². The molecule has 4 nitrogen and oxygen atoms in total. The van der Waals surface area contributed by atoms with Crippen molar-refractivity contribution >= 4 is 11.8 Å². The van der Waals surface area contributed by atoms with Gasteiger partial charge in [-0.15, -0.1) is 0 Å². The smallest absolute Gasteiger partial charge is 0.243 e. The normalized spacial score (nSPS) is 12.5. The Kier molecular flexibility index (Phi) is 10.3. The fourth-order valence-electron chi connectivity index (χ4n) is 4.98. The van der Waals surface area contributed by atoms with E-state index in [1.165, 1.54) is 0 Å². The Morgan fingerprint density at radius 1 is 0.725 bits per heavy atom. The van der Waals surface area contributed by atoms with E-state index in [2.05, 4.69) is 55.6 Å². The highest BCUT2D eigenvalue weighted by molar-refractivity contribution is 5.88. The molecule has 0 unspecified atom stereocenters. The highest BCUT2D eigenvalue weighted by Gasteiger charge is 2.32. The van der Waals surface area contributed by atoms with Gasteiger partial charge in [0.25, 0.3) is 0 Å². The summed E-state index contributed by atoms with van der Waals surface area (Å²) in [5.74, 6) is -0.279. The van der Waals surface area contributed by atoms with E-state index in [9.17, 15) is 9.59 Å². The number of rotatable bonds is 12. The second-order valence-electron chi connectivity index (χ2n) is 10.6. The molecule has 4 heteroatoms. The Labute approximate surface area is 239 Å². The van der Waals surface area contributed by atoms with Gasteiger partial charge in [0.15, 0.2) is 0 Å². The molecule has 40 heavy (non-hydrogen) atoms. The second-order valence-corrected chi connectivity index (χ2v) is 10.6. The van der Waals surface area contributed by atoms with E-state index in [-0.39, 0.29) is 30.2 Å². The van der Waals surface area contributed by atoms with Crippen LogP contribution in [0.3, 0.4) is 0 Å². The molecule has 1 N–H and O–H groups in total. The molecule has 4 aromatic carbocycles. The van der Waals surface area contributed by atoms with Crippen molar-refractivity contribution in [2.75, 3.05) is 0 Å². The standard InChI is InChI=1S/C36H40N2O2/c1-4-28(3)37-36(40)34(24-29-14-8-5-9-15-29)38(26-30-22-20-27(2)21-23-30)35(39)25-33(31-16-10-6-11-17-31)32-18-12-7-13-19-32/h5-23,28,33-34H,4,24-26H2,1-3H3,(H,37,40)/t28-,34-/m0/s1. The first-order valence-electron chi connectivity index (χ1n) is 14.2. The van der Waals surface area contributed by atoms with Crippen molar-refractivity contribution in [1.29, 1.82) is 0 Å². The molecule has 0 saturated heterocycles. The lowest BCUT2D eigenvalue weighted by atomic mass is 9.87. The summed E-state index contributed by atoms with van der Waals surface area (Å²) in [5.41, 5.74) is 5.35. The number of hydrogen-bond donors (Lipinski definition) is 1. The SMILES string of the molecule is CC[C@H](C)NC(=O)[C@H](Cc1ccccc1)N(Cc1ccc(C)cc1)C(=O)CC(c1ccccc1)c1ccccc1. The third-order valence-corrected chi connectivity index (χ3v) is 7.53. The van der Waals surface area contributed by atoms with Gasteiger partial charge < -0.3 is 10.2 Å². The summed E-state index contributed by atoms with van der Waals surface area (Å²) in [6, 6.07) is 37.9. The minimum absolute atomic E-state index is 0.0171. The van der Waals surface area contributed by atoms with E-state index in [1.54, 1.807) is 4.90 Å². The largest absolute Gasteiger partial charge is 0.352 e. The van der Waals surface area contributed by atoms with E-state index < -0.39 is 6.04 Å². The first-order chi connectivity index (χ1) is 19.4. The molecule has 0 aliphatic heterocycles. The number of nitrogens with one attached hydrogen (secondary N) is 1. The van der Waals surface area contributed by atoms with Crippen molar-refractivity contribution in [2.24, 2.45) is 0 Å². The van der Waals surface area contributed by atoms with E-state index in [0.717, 1.165) is 34.2 Å². The molecule has 206 valence electrons. The fourth-order valence-corrected chi connectivity index (χ4v) is 4.98. The predicted octanol–water partition coefficient (Wildman–Crippen LogP) is 7.07. The van der Waals surface area contributed by atoms with E-state index >= 15 is 0 Å². The zero-order chi connectivity index (χ0) is 28.3. The van der Waals surface area contributed by atoms with Gasteiger partial charge in [-0.25, -0.2) is 0 Å². The van der Waals surface area contributed by atoms with Gasteiger partial charge in [0.1, 0.15) is 6.04 Å². The van der Waals surface area contributed by atoms with Gasteiger partial charge in [0, 0.05) is 31.3 Å². The van der Waals surface area contributed by atoms with Crippen LogP contribution in [0, 0.1) is 6.92 Å². The zero-order valence-electron chi connectivity index (χ0n) is 23.8. The molecule has 0 saturated carbocycles. The monoisotopic (exact) mass is 532 g/mol. The lowest BCUT2D eigenvalue weighted by Gasteiger charge is -2.33. The Hall–Kier alpha value is -4.18. The Morgan fingerprint density at radius 2 is 1.25 bits per heavy atom. The molecule has 2 amide bonds. The third-order valence-electron chi connectivity index (χ3n) is 7.53. The van der Waals surface area contributed by atoms with E-state index in [1.807, 2.05) is 85.8 Å². The maximum absolute atomic E-state index is 14.4. The number of aryl methyl sites for hydroxylation is 1. The minimum Gasteiger partial charge on any atom is -0.352 e. The topological polar surface area (TPSA) is 49.4 Å². The summed E-state index contributed by atoms with van der Waals surface area (Å²) in [6.45, 7) is 6.47. The van der Waals surface area contributed by atoms with E-state index in [4.69, 9.17) is 0 Å². The van der Waals surface area contributed by atoms with Gasteiger partial charge in [0.2, 0.25) is 11.8 Å². The molecule has 4 rings (SSSR count). The number of amides is 2. The molecule has 0 aromatic heterocycles. The summed E-state index contributed by atoms with van der Waals surface area (Å²) in [5, 5.41) is 3.16. The van der Waals surface area contributed by atoms with Gasteiger partial charge in [-0.05, 0) is 42.5 Å². The Morgan fingerprint density at radius 3 is 1.77 bits per heavy atom. The average molecular weight is 533 g/mol. The van der Waals surface area contributed by atoms with Crippen molar-refractivity contribution in [3.8, 4) is 0 Å². The molecular formula is C36H40N2O2. The fraction of sp³-hybridized carbons (Fsp3) is 0.278. The quantitative estimate of drug-likeness (QED) is 0.212. The summed E-state index contributed by atoms with van der Waals surface area (Å²) >= 11 is 0. The lowest BCUT2D eigenvalue weighted by Crippen LogP contribution is -2.52. The van der Waals surface area contributed by atoms with Gasteiger partial charge in [0.05, 0.1) is 0 Å². The van der Waals surface area contributed by atoms with Crippen LogP contribution in [0.5, 0.6) is 0 Å². The Bertz CT molecular complexity index is 1300. The molecule has 2 atom stereocenters. The first kappa shape index (κ1) is 28.8. The molecule has 0 heterocycles. The molecular weight excluding hydrogens is 492 g/mol. The maximum Gasteiger partial charge on any atom is 0.243 e. The van der Waals surface area contributed by atoms with Gasteiger partial charge in [-0.3, -0.25) is 9.59 Å². The average Bonchev–Trinajstić information content (AvgIpc) is 2.99. The molecule has 4 aromatic rings. The van der Waals surface area contributed by atoms with Gasteiger partial charge in [-0.1, -0.05) is 128 Å². The first-order valence-corrected chi connectivity index (χ1v) is 14.2. The second kappa shape index (κ2) is 14.3. The highest BCUT2D eigenvalue weighted by atomic mass is 16.2. The van der Waals surface area contributed by atoms with Crippen LogP contribution in [-0.4, -0.2) is 28.8 Å². The van der Waals surface area contributed by atoms with Crippen LogP contribution >= 0.6 is 0 Å². The van der Waals surface area contributed by atoms with Crippen molar-refractivity contribution in [3.05, 3.63) is 143 Å². The van der Waals surface area contributed by atoms with Crippen molar-refractivity contribution < 1.29 is 9.59 Å². The molecule has 0 aliphatic rings. The van der Waals surface area contributed by atoms with Crippen LogP contribution in [0.1, 0.15) is 60.4 Å². The summed E-state index contributed by atoms with van der Waals surface area (Å²) in [7, 11) is 0. The number of benzene rings is 4. The summed E-state index contributed by atoms with van der Waals surface area (Å²) in [4.78, 5) is 30.0. The molecule has 0 aliphatic carbocycles. The molecule has 0 bridgehead atoms. The highest BCUT2D eigenvalue weighted by Crippen LogP contribution is 2.30. The number of carbonyl (C=O) groups is 2. The van der Waals surface area contributed by atoms with Crippen LogP contribution < -0.4 is 5.32 Å². The zero-order valence-corrected chi connectivity index (χ0v) is 23.8. The minimum atomic E-state index is -0.641. The summed E-state index contributed by atoms with van der Waals surface area (Å²) in [6.07, 6.45) is 1.53. The van der Waals surface area contributed by atoms with E-state index in [0.29, 0.717) is 13.0 Å². The van der Waals surface area contributed by atoms with Gasteiger partial charge >= 0.3 is 0 Å². The summed E-state index contributed by atoms with van der Waals surface area (Å²) < 4.78 is 0. The lowest BCUT2D eigenvalue weighted by molar-refractivity contribution is -0.141. The number of carbonyl (C=O) groups excluding carboxylic acids is 2. The maximum atomic E-state index is 14.4. The third kappa shape index (κ3) is 7.92. The van der Waals surface area contributed by atoms with Gasteiger partial charge in [-0.2, -0.15) is 0 Å². The van der Waals surface area contributed by atoms with Crippen molar-refractivity contribution in [1.82, 2.24) is 10.2 Å². The van der Waals surface area contributed by atoms with Crippen molar-refractivity contribution in [3.63, 3.8) is 0 Å². The van der Waals surface area contributed by atoms with Crippen LogP contribution in [0.2, 0.25) is 0 Å². The molecule has 0 fully saturated rings. The Balaban J connectivity index is 1.73. The van der Waals surface area contributed by atoms with Crippen LogP contribution in [-0.2, 0) is 22.6 Å². The molecule has 0 spiro atoms.